The normalized spacial score (nSPS) is 17.9. The number of aromatic nitrogens is 2. The Kier molecular flexibility index (Phi) is 4.99. The fourth-order valence-electron chi connectivity index (χ4n) is 2.45. The largest absolute Gasteiger partial charge is 0.388 e. The smallest absolute Gasteiger partial charge is 0.144 e. The summed E-state index contributed by atoms with van der Waals surface area (Å²) in [5.74, 6) is 0.791. The number of nitrogens with two attached hydrogens (primary N) is 1. The highest BCUT2D eigenvalue weighted by Gasteiger charge is 2.30. The van der Waals surface area contributed by atoms with E-state index in [0.29, 0.717) is 10.4 Å². The molecule has 1 aliphatic carbocycles. The number of thiocarbonyl (C=S) groups is 1. The Morgan fingerprint density at radius 2 is 2.11 bits per heavy atom. The number of nitrogens with one attached hydrogen (secondary N) is 1. The minimum Gasteiger partial charge on any atom is -0.388 e. The van der Waals surface area contributed by atoms with Crippen molar-refractivity contribution in [3.05, 3.63) is 18.1 Å². The first kappa shape index (κ1) is 14.5. The highest BCUT2D eigenvalue weighted by atomic mass is 32.2. The van der Waals surface area contributed by atoms with Crippen molar-refractivity contribution in [2.24, 2.45) is 5.73 Å². The molecule has 1 saturated carbocycles. The van der Waals surface area contributed by atoms with Crippen molar-refractivity contribution in [1.29, 1.82) is 0 Å². The average Bonchev–Trinajstić information content (AvgIpc) is 2.46. The molecule has 0 bridgehead atoms. The Balaban J connectivity index is 1.95. The van der Waals surface area contributed by atoms with Gasteiger partial charge in [-0.3, -0.25) is 0 Å². The number of anilines is 1. The van der Waals surface area contributed by atoms with Crippen molar-refractivity contribution in [1.82, 2.24) is 9.97 Å². The van der Waals surface area contributed by atoms with E-state index in [4.69, 9.17) is 18.0 Å². The van der Waals surface area contributed by atoms with Gasteiger partial charge in [-0.05, 0) is 19.1 Å². The standard InChI is InChI=1S/C13H20N4S2/c1-19-13(5-3-2-4-6-13)9-17-11-8-15-10(7-16-11)12(14)18/h7-8H,2-6,9H2,1H3,(H2,14,18)(H,16,17). The number of hydrogen-bond donors (Lipinski definition) is 2. The van der Waals surface area contributed by atoms with Gasteiger partial charge in [0.25, 0.3) is 0 Å². The molecule has 6 heteroatoms. The summed E-state index contributed by atoms with van der Waals surface area (Å²) in [5.41, 5.74) is 6.07. The summed E-state index contributed by atoms with van der Waals surface area (Å²) < 4.78 is 0.349. The molecule has 0 unspecified atom stereocenters. The maximum atomic E-state index is 5.50. The van der Waals surface area contributed by atoms with Gasteiger partial charge >= 0.3 is 0 Å². The van der Waals surface area contributed by atoms with Crippen LogP contribution in [0, 0.1) is 0 Å². The van der Waals surface area contributed by atoms with Crippen molar-refractivity contribution >= 4 is 34.8 Å². The van der Waals surface area contributed by atoms with Crippen molar-refractivity contribution in [2.75, 3.05) is 18.1 Å². The summed E-state index contributed by atoms with van der Waals surface area (Å²) in [6.07, 6.45) is 12.1. The number of hydrogen-bond acceptors (Lipinski definition) is 5. The molecule has 0 aliphatic heterocycles. The van der Waals surface area contributed by atoms with E-state index in [2.05, 4.69) is 21.5 Å². The van der Waals surface area contributed by atoms with Gasteiger partial charge in [-0.1, -0.05) is 31.5 Å². The molecule has 1 aromatic rings. The lowest BCUT2D eigenvalue weighted by Gasteiger charge is -2.36. The third-order valence-corrected chi connectivity index (χ3v) is 5.32. The molecular weight excluding hydrogens is 276 g/mol. The minimum absolute atomic E-state index is 0.284. The number of nitrogens with zero attached hydrogens (tertiary/aromatic N) is 2. The van der Waals surface area contributed by atoms with E-state index in [0.717, 1.165) is 12.4 Å². The van der Waals surface area contributed by atoms with Crippen LogP contribution in [0.5, 0.6) is 0 Å². The second kappa shape index (κ2) is 6.52. The van der Waals surface area contributed by atoms with Gasteiger partial charge in [0.15, 0.2) is 0 Å². The molecule has 0 atom stereocenters. The van der Waals surface area contributed by atoms with Crippen LogP contribution in [0.25, 0.3) is 0 Å². The van der Waals surface area contributed by atoms with Crippen LogP contribution in [-0.4, -0.2) is 32.5 Å². The molecule has 104 valence electrons. The van der Waals surface area contributed by atoms with Gasteiger partial charge in [0, 0.05) is 11.3 Å². The zero-order valence-corrected chi connectivity index (χ0v) is 12.8. The minimum atomic E-state index is 0.284. The SMILES string of the molecule is CSC1(CNc2cnc(C(N)=S)cn2)CCCCC1. The Labute approximate surface area is 124 Å². The third-order valence-electron chi connectivity index (χ3n) is 3.69. The molecule has 2 rings (SSSR count). The lowest BCUT2D eigenvalue weighted by Crippen LogP contribution is -2.35. The highest BCUT2D eigenvalue weighted by molar-refractivity contribution is 8.00. The Morgan fingerprint density at radius 1 is 1.37 bits per heavy atom. The zero-order chi connectivity index (χ0) is 13.7. The maximum absolute atomic E-state index is 5.50. The van der Waals surface area contributed by atoms with Crippen molar-refractivity contribution in [3.8, 4) is 0 Å². The van der Waals surface area contributed by atoms with Gasteiger partial charge in [-0.25, -0.2) is 9.97 Å². The highest BCUT2D eigenvalue weighted by Crippen LogP contribution is 2.38. The molecule has 1 fully saturated rings. The van der Waals surface area contributed by atoms with Gasteiger partial charge in [-0.2, -0.15) is 11.8 Å². The quantitative estimate of drug-likeness (QED) is 0.814. The van der Waals surface area contributed by atoms with E-state index in [1.54, 1.807) is 12.4 Å². The van der Waals surface area contributed by atoms with Crippen molar-refractivity contribution < 1.29 is 0 Å². The van der Waals surface area contributed by atoms with E-state index in [-0.39, 0.29) is 4.99 Å². The molecule has 0 amide bonds. The Morgan fingerprint density at radius 3 is 2.63 bits per heavy atom. The summed E-state index contributed by atoms with van der Waals surface area (Å²) in [7, 11) is 0. The van der Waals surface area contributed by atoms with E-state index in [9.17, 15) is 0 Å². The van der Waals surface area contributed by atoms with Crippen molar-refractivity contribution in [3.63, 3.8) is 0 Å². The molecule has 0 radical (unpaired) electrons. The predicted molar refractivity (Wildman–Crippen MR) is 85.7 cm³/mol. The average molecular weight is 296 g/mol. The molecule has 1 aromatic heterocycles. The lowest BCUT2D eigenvalue weighted by molar-refractivity contribution is 0.411. The Bertz CT molecular complexity index is 427. The lowest BCUT2D eigenvalue weighted by atomic mass is 9.88. The first-order valence-corrected chi connectivity index (χ1v) is 8.19. The molecule has 4 nitrogen and oxygen atoms in total. The van der Waals surface area contributed by atoms with Crippen LogP contribution in [0.4, 0.5) is 5.82 Å². The van der Waals surface area contributed by atoms with E-state index in [1.807, 2.05) is 11.8 Å². The summed E-state index contributed by atoms with van der Waals surface area (Å²) in [6.45, 7) is 0.940. The maximum Gasteiger partial charge on any atom is 0.144 e. The molecule has 1 heterocycles. The van der Waals surface area contributed by atoms with Gasteiger partial charge in [0.1, 0.15) is 16.5 Å². The first-order chi connectivity index (χ1) is 9.15. The predicted octanol–water partition coefficient (Wildman–Crippen LogP) is 2.59. The van der Waals surface area contributed by atoms with Crippen LogP contribution >= 0.6 is 24.0 Å². The molecule has 0 saturated heterocycles. The molecule has 3 N–H and O–H groups in total. The van der Waals surface area contributed by atoms with Crippen LogP contribution in [0.3, 0.4) is 0 Å². The molecule has 0 aromatic carbocycles. The first-order valence-electron chi connectivity index (χ1n) is 6.56. The topological polar surface area (TPSA) is 63.8 Å². The second-order valence-electron chi connectivity index (χ2n) is 4.95. The van der Waals surface area contributed by atoms with Crippen LogP contribution in [0.1, 0.15) is 37.8 Å². The van der Waals surface area contributed by atoms with E-state index >= 15 is 0 Å². The fraction of sp³-hybridized carbons (Fsp3) is 0.615. The zero-order valence-electron chi connectivity index (χ0n) is 11.2. The van der Waals surface area contributed by atoms with E-state index < -0.39 is 0 Å². The summed E-state index contributed by atoms with van der Waals surface area (Å²) >= 11 is 6.83. The molecular formula is C13H20N4S2. The summed E-state index contributed by atoms with van der Waals surface area (Å²) in [5, 5.41) is 3.39. The van der Waals surface area contributed by atoms with Gasteiger partial charge in [0.05, 0.1) is 12.4 Å². The summed E-state index contributed by atoms with van der Waals surface area (Å²) in [4.78, 5) is 8.78. The monoisotopic (exact) mass is 296 g/mol. The van der Waals surface area contributed by atoms with Crippen LogP contribution in [-0.2, 0) is 0 Å². The van der Waals surface area contributed by atoms with Gasteiger partial charge in [0.2, 0.25) is 0 Å². The number of rotatable bonds is 5. The molecule has 0 spiro atoms. The fourth-order valence-corrected chi connectivity index (χ4v) is 3.47. The third kappa shape index (κ3) is 3.79. The van der Waals surface area contributed by atoms with Gasteiger partial charge < -0.3 is 11.1 Å². The number of thioether (sulfide) groups is 1. The summed E-state index contributed by atoms with van der Waals surface area (Å²) in [6, 6.07) is 0. The molecule has 1 aliphatic rings. The van der Waals surface area contributed by atoms with Crippen LogP contribution in [0.2, 0.25) is 0 Å². The van der Waals surface area contributed by atoms with Gasteiger partial charge in [-0.15, -0.1) is 0 Å². The van der Waals surface area contributed by atoms with E-state index in [1.165, 1.54) is 32.1 Å². The van der Waals surface area contributed by atoms with Crippen molar-refractivity contribution in [2.45, 2.75) is 36.9 Å². The molecule has 19 heavy (non-hydrogen) atoms. The van der Waals surface area contributed by atoms with Crippen LogP contribution in [0.15, 0.2) is 12.4 Å². The second-order valence-corrected chi connectivity index (χ2v) is 6.67. The Hall–Kier alpha value is -0.880. The van der Waals surface area contributed by atoms with Crippen LogP contribution < -0.4 is 11.1 Å².